The molecule has 0 atom stereocenters. The predicted molar refractivity (Wildman–Crippen MR) is 108 cm³/mol. The SMILES string of the molecule is O=C1c2ccccc2C(=O)N1c1ccc(Sc2nc3ccccc3s2)cc1. The van der Waals surface area contributed by atoms with Crippen LogP contribution < -0.4 is 4.90 Å². The van der Waals surface area contributed by atoms with Crippen molar-refractivity contribution in [2.75, 3.05) is 4.90 Å². The lowest BCUT2D eigenvalue weighted by molar-refractivity contribution is 0.0926. The number of carbonyl (C=O) groups excluding carboxylic acids is 2. The van der Waals surface area contributed by atoms with E-state index in [0.29, 0.717) is 16.8 Å². The standard InChI is InChI=1S/C21H12N2O2S2/c24-19-15-5-1-2-6-16(15)20(25)23(19)13-9-11-14(12-10-13)26-21-22-17-7-3-4-8-18(17)27-21/h1-12H. The van der Waals surface area contributed by atoms with E-state index in [4.69, 9.17) is 0 Å². The van der Waals surface area contributed by atoms with Crippen LogP contribution in [-0.2, 0) is 0 Å². The van der Waals surface area contributed by atoms with Crippen molar-refractivity contribution in [3.8, 4) is 0 Å². The van der Waals surface area contributed by atoms with Crippen molar-refractivity contribution in [1.29, 1.82) is 0 Å². The Morgan fingerprint density at radius 1 is 0.778 bits per heavy atom. The van der Waals surface area contributed by atoms with Gasteiger partial charge in [-0.15, -0.1) is 11.3 Å². The number of rotatable bonds is 3. The molecule has 0 N–H and O–H groups in total. The molecule has 27 heavy (non-hydrogen) atoms. The van der Waals surface area contributed by atoms with E-state index in [0.717, 1.165) is 19.5 Å². The molecule has 0 saturated heterocycles. The lowest BCUT2D eigenvalue weighted by Gasteiger charge is -2.14. The zero-order valence-electron chi connectivity index (χ0n) is 14.0. The van der Waals surface area contributed by atoms with E-state index in [1.165, 1.54) is 4.90 Å². The van der Waals surface area contributed by atoms with E-state index in [2.05, 4.69) is 11.1 Å². The maximum atomic E-state index is 12.6. The zero-order chi connectivity index (χ0) is 18.4. The highest BCUT2D eigenvalue weighted by atomic mass is 32.2. The molecule has 0 saturated carbocycles. The molecular weight excluding hydrogens is 376 g/mol. The summed E-state index contributed by atoms with van der Waals surface area (Å²) in [5.41, 5.74) is 2.48. The van der Waals surface area contributed by atoms with Crippen molar-refractivity contribution >= 4 is 50.8 Å². The Kier molecular flexibility index (Phi) is 3.81. The number of hydrogen-bond acceptors (Lipinski definition) is 5. The topological polar surface area (TPSA) is 50.3 Å². The van der Waals surface area contributed by atoms with Crippen LogP contribution in [0.3, 0.4) is 0 Å². The maximum Gasteiger partial charge on any atom is 0.266 e. The Morgan fingerprint density at radius 2 is 1.41 bits per heavy atom. The van der Waals surface area contributed by atoms with Gasteiger partial charge in [0.15, 0.2) is 4.34 Å². The van der Waals surface area contributed by atoms with Crippen LogP contribution in [0.15, 0.2) is 82.0 Å². The molecule has 4 nitrogen and oxygen atoms in total. The molecule has 3 aromatic carbocycles. The average Bonchev–Trinajstić information content (AvgIpc) is 3.21. The molecule has 130 valence electrons. The van der Waals surface area contributed by atoms with Crippen LogP contribution in [0.5, 0.6) is 0 Å². The Labute approximate surface area is 163 Å². The number of anilines is 1. The molecule has 5 rings (SSSR count). The third-order valence-electron chi connectivity index (χ3n) is 4.37. The molecule has 2 amide bonds. The van der Waals surface area contributed by atoms with Gasteiger partial charge in [-0.3, -0.25) is 9.59 Å². The Morgan fingerprint density at radius 3 is 2.07 bits per heavy atom. The first-order valence-electron chi connectivity index (χ1n) is 8.32. The van der Waals surface area contributed by atoms with Gasteiger partial charge in [-0.25, -0.2) is 9.88 Å². The number of imide groups is 1. The van der Waals surface area contributed by atoms with Crippen molar-refractivity contribution in [3.63, 3.8) is 0 Å². The number of carbonyl (C=O) groups is 2. The normalized spacial score (nSPS) is 13.4. The van der Waals surface area contributed by atoms with Gasteiger partial charge < -0.3 is 0 Å². The third-order valence-corrected chi connectivity index (χ3v) is 6.47. The third kappa shape index (κ3) is 2.74. The molecule has 0 unspecified atom stereocenters. The smallest absolute Gasteiger partial charge is 0.266 e. The highest BCUT2D eigenvalue weighted by molar-refractivity contribution is 8.01. The van der Waals surface area contributed by atoms with Gasteiger partial charge in [0.25, 0.3) is 11.8 Å². The number of fused-ring (bicyclic) bond motifs is 2. The van der Waals surface area contributed by atoms with Crippen molar-refractivity contribution in [3.05, 3.63) is 83.9 Å². The summed E-state index contributed by atoms with van der Waals surface area (Å²) in [4.78, 5) is 32.0. The molecule has 1 aliphatic heterocycles. The molecule has 0 spiro atoms. The molecule has 0 aliphatic carbocycles. The second kappa shape index (κ2) is 6.33. The van der Waals surface area contributed by atoms with Gasteiger partial charge in [-0.1, -0.05) is 36.0 Å². The lowest BCUT2D eigenvalue weighted by Crippen LogP contribution is -2.29. The molecule has 0 bridgehead atoms. The van der Waals surface area contributed by atoms with Gasteiger partial charge >= 0.3 is 0 Å². The summed E-state index contributed by atoms with van der Waals surface area (Å²) < 4.78 is 2.12. The minimum atomic E-state index is -0.276. The van der Waals surface area contributed by atoms with Crippen molar-refractivity contribution < 1.29 is 9.59 Å². The van der Waals surface area contributed by atoms with E-state index in [1.807, 2.05) is 30.3 Å². The summed E-state index contributed by atoms with van der Waals surface area (Å²) in [5.74, 6) is -0.552. The summed E-state index contributed by atoms with van der Waals surface area (Å²) in [6.07, 6.45) is 0. The maximum absolute atomic E-state index is 12.6. The Balaban J connectivity index is 1.41. The lowest BCUT2D eigenvalue weighted by atomic mass is 10.1. The Bertz CT molecular complexity index is 1130. The van der Waals surface area contributed by atoms with Gasteiger partial charge in [0.1, 0.15) is 0 Å². The number of aromatic nitrogens is 1. The van der Waals surface area contributed by atoms with E-state index < -0.39 is 0 Å². The van der Waals surface area contributed by atoms with Crippen LogP contribution >= 0.6 is 23.1 Å². The minimum Gasteiger partial charge on any atom is -0.268 e. The number of para-hydroxylation sites is 1. The first kappa shape index (κ1) is 16.2. The number of thiazole rings is 1. The van der Waals surface area contributed by atoms with E-state index >= 15 is 0 Å². The summed E-state index contributed by atoms with van der Waals surface area (Å²) in [6.45, 7) is 0. The van der Waals surface area contributed by atoms with Gasteiger partial charge in [-0.2, -0.15) is 0 Å². The van der Waals surface area contributed by atoms with E-state index in [9.17, 15) is 9.59 Å². The van der Waals surface area contributed by atoms with Gasteiger partial charge in [-0.05, 0) is 48.5 Å². The molecule has 1 aliphatic rings. The summed E-state index contributed by atoms with van der Waals surface area (Å²) in [6, 6.07) is 22.4. The van der Waals surface area contributed by atoms with Crippen molar-refractivity contribution in [2.45, 2.75) is 9.24 Å². The zero-order valence-corrected chi connectivity index (χ0v) is 15.6. The van der Waals surface area contributed by atoms with E-state index in [-0.39, 0.29) is 11.8 Å². The number of benzene rings is 3. The molecule has 0 fully saturated rings. The fourth-order valence-corrected chi connectivity index (χ4v) is 5.12. The van der Waals surface area contributed by atoms with Crippen LogP contribution in [0.4, 0.5) is 5.69 Å². The minimum absolute atomic E-state index is 0.276. The molecular formula is C21H12N2O2S2. The summed E-state index contributed by atoms with van der Waals surface area (Å²) in [7, 11) is 0. The first-order chi connectivity index (χ1) is 13.2. The molecule has 2 heterocycles. The van der Waals surface area contributed by atoms with Crippen LogP contribution in [-0.4, -0.2) is 16.8 Å². The molecule has 1 aromatic heterocycles. The Hall–Kier alpha value is -2.96. The molecule has 4 aromatic rings. The largest absolute Gasteiger partial charge is 0.268 e. The second-order valence-electron chi connectivity index (χ2n) is 6.03. The summed E-state index contributed by atoms with van der Waals surface area (Å²) >= 11 is 3.22. The molecule has 6 heteroatoms. The van der Waals surface area contributed by atoms with E-state index in [1.54, 1.807) is 59.5 Å². The summed E-state index contributed by atoms with van der Waals surface area (Å²) in [5, 5.41) is 0. The molecule has 0 radical (unpaired) electrons. The first-order valence-corrected chi connectivity index (χ1v) is 9.95. The highest BCUT2D eigenvalue weighted by Gasteiger charge is 2.36. The monoisotopic (exact) mass is 388 g/mol. The van der Waals surface area contributed by atoms with Gasteiger partial charge in [0, 0.05) is 4.90 Å². The number of amides is 2. The fraction of sp³-hybridized carbons (Fsp3) is 0. The van der Waals surface area contributed by atoms with Crippen LogP contribution in [0.1, 0.15) is 20.7 Å². The van der Waals surface area contributed by atoms with Crippen LogP contribution in [0.2, 0.25) is 0 Å². The van der Waals surface area contributed by atoms with Gasteiger partial charge in [0.05, 0.1) is 27.0 Å². The predicted octanol–water partition coefficient (Wildman–Crippen LogP) is 5.25. The van der Waals surface area contributed by atoms with Crippen LogP contribution in [0.25, 0.3) is 10.2 Å². The quantitative estimate of drug-likeness (QED) is 0.450. The average molecular weight is 388 g/mol. The van der Waals surface area contributed by atoms with Crippen LogP contribution in [0, 0.1) is 0 Å². The van der Waals surface area contributed by atoms with Gasteiger partial charge in [0.2, 0.25) is 0 Å². The van der Waals surface area contributed by atoms with Crippen molar-refractivity contribution in [1.82, 2.24) is 4.98 Å². The second-order valence-corrected chi connectivity index (χ2v) is 8.39. The van der Waals surface area contributed by atoms with Crippen molar-refractivity contribution in [2.24, 2.45) is 0 Å². The highest BCUT2D eigenvalue weighted by Crippen LogP contribution is 2.36. The number of hydrogen-bond donors (Lipinski definition) is 0. The fourth-order valence-electron chi connectivity index (χ4n) is 3.08. The number of nitrogens with zero attached hydrogens (tertiary/aromatic N) is 2.